The molecule has 0 fully saturated rings. The van der Waals surface area contributed by atoms with E-state index in [2.05, 4.69) is 10.6 Å². The van der Waals surface area contributed by atoms with Gasteiger partial charge in [-0.25, -0.2) is 19.2 Å². The number of nitrogens with zero attached hydrogens (tertiary/aromatic N) is 1. The highest BCUT2D eigenvalue weighted by atomic mass is 35.5. The number of ether oxygens (including phenoxy) is 5. The summed E-state index contributed by atoms with van der Waals surface area (Å²) in [7, 11) is 3.71. The highest BCUT2D eigenvalue weighted by Crippen LogP contribution is 2.43. The van der Waals surface area contributed by atoms with E-state index in [1.54, 1.807) is 58.0 Å². The van der Waals surface area contributed by atoms with Gasteiger partial charge in [0.2, 0.25) is 0 Å². The lowest BCUT2D eigenvalue weighted by atomic mass is 9.79. The van der Waals surface area contributed by atoms with Gasteiger partial charge in [-0.3, -0.25) is 10.1 Å². The van der Waals surface area contributed by atoms with Crippen molar-refractivity contribution in [3.05, 3.63) is 120 Å². The Morgan fingerprint density at radius 2 is 1.23 bits per heavy atom. The Morgan fingerprint density at radius 3 is 1.70 bits per heavy atom. The van der Waals surface area contributed by atoms with Crippen LogP contribution in [0, 0.1) is 10.1 Å². The van der Waals surface area contributed by atoms with Crippen LogP contribution in [0.15, 0.2) is 93.6 Å². The number of allylic oxidation sites excluding steroid dienone is 3. The molecule has 2 aliphatic heterocycles. The zero-order chi connectivity index (χ0) is 39.4. The molecule has 0 radical (unpaired) electrons. The van der Waals surface area contributed by atoms with Gasteiger partial charge in [-0.2, -0.15) is 0 Å². The number of esters is 4. The Kier molecular flexibility index (Phi) is 15.3. The molecule has 0 spiro atoms. The van der Waals surface area contributed by atoms with E-state index in [1.807, 2.05) is 0 Å². The molecule has 0 amide bonds. The van der Waals surface area contributed by atoms with E-state index in [9.17, 15) is 29.3 Å². The lowest BCUT2D eigenvalue weighted by Crippen LogP contribution is -2.35. The van der Waals surface area contributed by atoms with Crippen molar-refractivity contribution in [2.75, 3.05) is 47.7 Å². The molecule has 53 heavy (non-hydrogen) atoms. The van der Waals surface area contributed by atoms with Crippen LogP contribution < -0.4 is 16.4 Å². The summed E-state index contributed by atoms with van der Waals surface area (Å²) in [6, 6.07) is 13.0. The molecular formula is C37H43ClN4O11. The van der Waals surface area contributed by atoms with Crippen LogP contribution in [0.5, 0.6) is 0 Å². The molecule has 1 unspecified atom stereocenters. The van der Waals surface area contributed by atoms with Crippen molar-refractivity contribution in [3.63, 3.8) is 0 Å². The van der Waals surface area contributed by atoms with Crippen molar-refractivity contribution in [2.24, 2.45) is 5.73 Å². The number of halogens is 1. The summed E-state index contributed by atoms with van der Waals surface area (Å²) in [5.41, 5.74) is 8.89. The summed E-state index contributed by atoms with van der Waals surface area (Å²) in [6.07, 6.45) is 0. The molecule has 16 heteroatoms. The fourth-order valence-electron chi connectivity index (χ4n) is 6.08. The first-order chi connectivity index (χ1) is 25.3. The predicted molar refractivity (Wildman–Crippen MR) is 194 cm³/mol. The van der Waals surface area contributed by atoms with E-state index in [1.165, 1.54) is 39.5 Å². The number of hydrogen-bond acceptors (Lipinski definition) is 14. The maximum absolute atomic E-state index is 12.9. The number of nitrogens with two attached hydrogens (primary N) is 1. The molecule has 0 aliphatic carbocycles. The average molecular weight is 755 g/mol. The lowest BCUT2D eigenvalue weighted by Gasteiger charge is -2.31. The van der Waals surface area contributed by atoms with Crippen LogP contribution in [0.3, 0.4) is 0 Å². The van der Waals surface area contributed by atoms with Crippen LogP contribution in [0.2, 0.25) is 5.02 Å². The third-order valence-corrected chi connectivity index (χ3v) is 8.63. The molecule has 0 aromatic heterocycles. The van der Waals surface area contributed by atoms with Gasteiger partial charge in [-0.15, -0.1) is 0 Å². The Balaban J connectivity index is 0.000000287. The van der Waals surface area contributed by atoms with Gasteiger partial charge >= 0.3 is 23.9 Å². The fourth-order valence-corrected chi connectivity index (χ4v) is 6.33. The summed E-state index contributed by atoms with van der Waals surface area (Å²) < 4.78 is 25.4. The highest BCUT2D eigenvalue weighted by Gasteiger charge is 2.41. The normalized spacial score (nSPS) is 15.8. The molecule has 284 valence electrons. The second kappa shape index (κ2) is 19.4. The minimum absolute atomic E-state index is 0.109. The smallest absolute Gasteiger partial charge is 0.336 e. The first-order valence-corrected chi connectivity index (χ1v) is 16.7. The van der Waals surface area contributed by atoms with Crippen LogP contribution in [0.1, 0.15) is 50.7 Å². The van der Waals surface area contributed by atoms with Crippen molar-refractivity contribution >= 4 is 41.2 Å². The summed E-state index contributed by atoms with van der Waals surface area (Å²) in [4.78, 5) is 61.0. The van der Waals surface area contributed by atoms with E-state index in [4.69, 9.17) is 41.0 Å². The van der Waals surface area contributed by atoms with Gasteiger partial charge in [0.1, 0.15) is 0 Å². The standard InChI is InChI=1S/C20H25ClN2O5.C17H18N2O6/c1-4-28-20(25)18-15(11-27-10-9-22)23-12(2)16(19(24)26-3)17(18)13-7-5-6-8-14(13)21;1-9-13(16(20)24-3)15(14(10(2)18-9)17(21)25-4)11-7-5-6-8-12(11)19(22)23/h5-8,17,23H,4,9-11,22H2,1-3H3;5-8,15,18H,1-4H3. The number of nitro groups is 1. The first-order valence-electron chi connectivity index (χ1n) is 16.4. The van der Waals surface area contributed by atoms with Crippen molar-refractivity contribution in [1.82, 2.24) is 10.6 Å². The van der Waals surface area contributed by atoms with Crippen LogP contribution >= 0.6 is 11.6 Å². The van der Waals surface area contributed by atoms with Crippen molar-refractivity contribution < 1.29 is 47.8 Å². The van der Waals surface area contributed by atoms with Crippen LogP contribution in [-0.2, 0) is 42.9 Å². The van der Waals surface area contributed by atoms with Crippen molar-refractivity contribution in [1.29, 1.82) is 0 Å². The Bertz CT molecular complexity index is 1840. The number of carbonyl (C=O) groups excluding carboxylic acids is 4. The van der Waals surface area contributed by atoms with Gasteiger partial charge in [-0.1, -0.05) is 48.0 Å². The molecule has 2 heterocycles. The Labute approximate surface area is 311 Å². The van der Waals surface area contributed by atoms with E-state index in [0.717, 1.165) is 0 Å². The molecule has 0 saturated carbocycles. The Hall–Kier alpha value is -5.51. The van der Waals surface area contributed by atoms with Gasteiger partial charge in [0.15, 0.2) is 0 Å². The average Bonchev–Trinajstić information content (AvgIpc) is 3.14. The second-order valence-corrected chi connectivity index (χ2v) is 11.9. The van der Waals surface area contributed by atoms with E-state index in [0.29, 0.717) is 52.1 Å². The fraction of sp³-hybridized carbons (Fsp3) is 0.351. The predicted octanol–water partition coefficient (Wildman–Crippen LogP) is 4.44. The number of nitro benzene ring substituents is 1. The Morgan fingerprint density at radius 1 is 0.755 bits per heavy atom. The summed E-state index contributed by atoms with van der Waals surface area (Å²) in [5, 5.41) is 17.9. The van der Waals surface area contributed by atoms with Gasteiger partial charge < -0.3 is 40.1 Å². The maximum Gasteiger partial charge on any atom is 0.336 e. The molecule has 1 atom stereocenters. The van der Waals surface area contributed by atoms with Crippen LogP contribution in [0.25, 0.3) is 0 Å². The molecule has 0 bridgehead atoms. The number of hydrogen-bond donors (Lipinski definition) is 3. The monoisotopic (exact) mass is 754 g/mol. The number of dihydropyridines is 2. The number of carbonyl (C=O) groups is 4. The number of nitrogens with one attached hydrogen (secondary N) is 2. The van der Waals surface area contributed by atoms with Crippen molar-refractivity contribution in [2.45, 2.75) is 39.5 Å². The molecule has 2 aromatic rings. The third-order valence-electron chi connectivity index (χ3n) is 8.29. The van der Waals surface area contributed by atoms with Crippen molar-refractivity contribution in [3.8, 4) is 0 Å². The molecule has 4 rings (SSSR count). The van der Waals surface area contributed by atoms with Gasteiger partial charge in [0.05, 0.1) is 85.9 Å². The third kappa shape index (κ3) is 9.49. The molecule has 0 saturated heterocycles. The minimum atomic E-state index is -0.970. The van der Waals surface area contributed by atoms with E-state index < -0.39 is 40.6 Å². The summed E-state index contributed by atoms with van der Waals surface area (Å²) in [5.74, 6) is -4.19. The quantitative estimate of drug-likeness (QED) is 0.0901. The number of benzene rings is 2. The van der Waals surface area contributed by atoms with Crippen LogP contribution in [-0.4, -0.2) is 76.5 Å². The van der Waals surface area contributed by atoms with Crippen LogP contribution in [0.4, 0.5) is 5.69 Å². The number of methoxy groups -OCH3 is 3. The minimum Gasteiger partial charge on any atom is -0.466 e. The van der Waals surface area contributed by atoms with E-state index >= 15 is 0 Å². The summed E-state index contributed by atoms with van der Waals surface area (Å²) in [6.45, 7) is 7.70. The topological polar surface area (TPSA) is 208 Å². The molecule has 15 nitrogen and oxygen atoms in total. The zero-order valence-corrected chi connectivity index (χ0v) is 31.3. The largest absolute Gasteiger partial charge is 0.466 e. The first kappa shape index (κ1) is 41.9. The van der Waals surface area contributed by atoms with E-state index in [-0.39, 0.29) is 41.2 Å². The molecule has 2 aliphatic rings. The lowest BCUT2D eigenvalue weighted by molar-refractivity contribution is -0.385. The molecule has 2 aromatic carbocycles. The SMILES string of the molecule is CCOC(=O)C1=C(COCCN)NC(C)=C(C(=O)OC)C1c1ccccc1Cl.COC(=O)C1=C(C)NC(C)=C(C(=O)OC)C1c1ccccc1[N+](=O)[O-]. The maximum atomic E-state index is 12.9. The van der Waals surface area contributed by atoms with Gasteiger partial charge in [0.25, 0.3) is 5.69 Å². The van der Waals surface area contributed by atoms with Gasteiger partial charge in [0, 0.05) is 40.3 Å². The zero-order valence-electron chi connectivity index (χ0n) is 30.5. The van der Waals surface area contributed by atoms with Gasteiger partial charge in [-0.05, 0) is 39.3 Å². The second-order valence-electron chi connectivity index (χ2n) is 11.5. The highest BCUT2D eigenvalue weighted by molar-refractivity contribution is 6.31. The summed E-state index contributed by atoms with van der Waals surface area (Å²) >= 11 is 6.42. The molecule has 4 N–H and O–H groups in total. The molecular weight excluding hydrogens is 712 g/mol. The number of rotatable bonds is 12. The number of para-hydroxylation sites is 1.